The van der Waals surface area contributed by atoms with Crippen molar-refractivity contribution < 1.29 is 27.5 Å². The van der Waals surface area contributed by atoms with Crippen molar-refractivity contribution in [2.24, 2.45) is 0 Å². The molecule has 0 radical (unpaired) electrons. The van der Waals surface area contributed by atoms with E-state index in [-0.39, 0.29) is 12.1 Å². The van der Waals surface area contributed by atoms with Gasteiger partial charge in [-0.05, 0) is 25.0 Å². The third-order valence-corrected chi connectivity index (χ3v) is 6.31. The van der Waals surface area contributed by atoms with Gasteiger partial charge in [-0.2, -0.15) is 24.9 Å². The molecule has 2 heterocycles. The number of ether oxygens (including phenoxy) is 1. The van der Waals surface area contributed by atoms with Crippen LogP contribution in [0.5, 0.6) is 0 Å². The van der Waals surface area contributed by atoms with E-state index >= 15 is 0 Å². The smallest absolute Gasteiger partial charge is 0.381 e. The van der Waals surface area contributed by atoms with Gasteiger partial charge < -0.3 is 15.4 Å². The second-order valence-corrected chi connectivity index (χ2v) is 8.34. The van der Waals surface area contributed by atoms with Crippen LogP contribution >= 0.6 is 11.8 Å². The van der Waals surface area contributed by atoms with Crippen LogP contribution in [0.15, 0.2) is 24.3 Å². The number of halogens is 3. The van der Waals surface area contributed by atoms with Crippen molar-refractivity contribution in [3.63, 3.8) is 0 Å². The van der Waals surface area contributed by atoms with Crippen LogP contribution < -0.4 is 10.6 Å². The molecule has 0 spiro atoms. The first-order chi connectivity index (χ1) is 13.8. The Bertz CT molecular complexity index is 733. The topological polar surface area (TPSA) is 70.7 Å². The zero-order chi connectivity index (χ0) is 20.9. The maximum absolute atomic E-state index is 13.1. The minimum absolute atomic E-state index is 0.258. The maximum atomic E-state index is 13.1. The lowest BCUT2D eigenvalue weighted by atomic mass is 9.87. The van der Waals surface area contributed by atoms with E-state index in [0.717, 1.165) is 49.6 Å². The summed E-state index contributed by atoms with van der Waals surface area (Å²) in [7, 11) is 0. The number of hydrogen-bond acceptors (Lipinski definition) is 5. The van der Waals surface area contributed by atoms with Gasteiger partial charge in [0.1, 0.15) is 0 Å². The van der Waals surface area contributed by atoms with Gasteiger partial charge in [-0.15, -0.1) is 0 Å². The molecule has 0 atom stereocenters. The number of amides is 2. The number of hydrogen-bond donors (Lipinski definition) is 2. The van der Waals surface area contributed by atoms with E-state index < -0.39 is 29.2 Å². The van der Waals surface area contributed by atoms with Crippen LogP contribution in [0.1, 0.15) is 18.4 Å². The number of carbonyl (C=O) groups excluding carboxylic acids is 2. The second kappa shape index (κ2) is 9.36. The number of nitrogens with zero attached hydrogens (tertiary/aromatic N) is 1. The van der Waals surface area contributed by atoms with E-state index in [0.29, 0.717) is 13.2 Å². The van der Waals surface area contributed by atoms with Crippen molar-refractivity contribution in [3.8, 4) is 0 Å². The monoisotopic (exact) mass is 431 g/mol. The van der Waals surface area contributed by atoms with Crippen molar-refractivity contribution in [2.75, 3.05) is 49.7 Å². The summed E-state index contributed by atoms with van der Waals surface area (Å²) in [5.41, 5.74) is -1.72. The van der Waals surface area contributed by atoms with E-state index in [1.165, 1.54) is 12.1 Å². The first-order valence-corrected chi connectivity index (χ1v) is 10.6. The molecule has 29 heavy (non-hydrogen) atoms. The van der Waals surface area contributed by atoms with E-state index in [2.05, 4.69) is 15.5 Å². The summed E-state index contributed by atoms with van der Waals surface area (Å²) in [5.74, 6) is -0.0476. The Labute approximate surface area is 171 Å². The summed E-state index contributed by atoms with van der Waals surface area (Å²) in [6.45, 7) is 3.20. The number of nitrogens with one attached hydrogen (secondary N) is 2. The predicted molar refractivity (Wildman–Crippen MR) is 105 cm³/mol. The molecule has 3 rings (SSSR count). The van der Waals surface area contributed by atoms with Crippen LogP contribution in [0.25, 0.3) is 0 Å². The highest BCUT2D eigenvalue weighted by atomic mass is 32.2. The number of benzene rings is 1. The number of thioether (sulfide) groups is 1. The van der Waals surface area contributed by atoms with Crippen LogP contribution in [-0.4, -0.2) is 66.6 Å². The predicted octanol–water partition coefficient (Wildman–Crippen LogP) is 2.36. The van der Waals surface area contributed by atoms with Gasteiger partial charge in [0.15, 0.2) is 0 Å². The number of anilines is 1. The summed E-state index contributed by atoms with van der Waals surface area (Å²) >= 11 is 1.88. The second-order valence-electron chi connectivity index (χ2n) is 7.12. The Balaban J connectivity index is 1.64. The highest BCUT2D eigenvalue weighted by Crippen LogP contribution is 2.34. The van der Waals surface area contributed by atoms with Gasteiger partial charge in [0.05, 0.1) is 11.3 Å². The van der Waals surface area contributed by atoms with Crippen molar-refractivity contribution in [1.29, 1.82) is 0 Å². The fraction of sp³-hybridized carbons (Fsp3) is 0.579. The maximum Gasteiger partial charge on any atom is 0.418 e. The summed E-state index contributed by atoms with van der Waals surface area (Å²) in [5, 5.41) is 4.72. The molecule has 0 unspecified atom stereocenters. The van der Waals surface area contributed by atoms with E-state index in [1.807, 2.05) is 11.8 Å². The van der Waals surface area contributed by atoms with Gasteiger partial charge in [-0.25, -0.2) is 0 Å². The lowest BCUT2D eigenvalue weighted by Gasteiger charge is -2.47. The molecule has 10 heteroatoms. The Morgan fingerprint density at radius 1 is 1.10 bits per heavy atom. The van der Waals surface area contributed by atoms with Gasteiger partial charge in [0.2, 0.25) is 0 Å². The third-order valence-electron chi connectivity index (χ3n) is 5.37. The molecule has 0 aliphatic carbocycles. The van der Waals surface area contributed by atoms with Gasteiger partial charge in [0, 0.05) is 49.9 Å². The molecule has 2 amide bonds. The number of alkyl halides is 3. The summed E-state index contributed by atoms with van der Waals surface area (Å²) in [6.07, 6.45) is -3.16. The molecule has 1 aromatic rings. The van der Waals surface area contributed by atoms with Crippen LogP contribution in [0.3, 0.4) is 0 Å². The summed E-state index contributed by atoms with van der Waals surface area (Å²) < 4.78 is 44.7. The molecule has 0 saturated carbocycles. The van der Waals surface area contributed by atoms with Gasteiger partial charge >= 0.3 is 18.0 Å². The SMILES string of the molecule is O=C(NCC1(N2CCSCC2)CCOCC1)C(=O)Nc1ccccc1C(F)(F)F. The van der Waals surface area contributed by atoms with Crippen molar-refractivity contribution in [2.45, 2.75) is 24.6 Å². The molecule has 2 aliphatic rings. The number of rotatable bonds is 4. The molecule has 2 fully saturated rings. The number of carbonyl (C=O) groups is 2. The Hall–Kier alpha value is -1.78. The zero-order valence-electron chi connectivity index (χ0n) is 15.9. The molecular weight excluding hydrogens is 407 g/mol. The molecule has 0 aromatic heterocycles. The standard InChI is InChI=1S/C19H24F3N3O3S/c20-19(21,22)14-3-1-2-4-15(14)24-17(27)16(26)23-13-18(5-9-28-10-6-18)25-7-11-29-12-8-25/h1-4H,5-13H2,(H,23,26)(H,24,27). The van der Waals surface area contributed by atoms with Crippen LogP contribution in [-0.2, 0) is 20.5 Å². The Morgan fingerprint density at radius 3 is 2.41 bits per heavy atom. The summed E-state index contributed by atoms with van der Waals surface area (Å²) in [4.78, 5) is 26.9. The molecule has 2 saturated heterocycles. The molecule has 0 bridgehead atoms. The molecule has 2 N–H and O–H groups in total. The number of para-hydroxylation sites is 1. The molecule has 2 aliphatic heterocycles. The van der Waals surface area contributed by atoms with Crippen LogP contribution in [0, 0.1) is 0 Å². The third kappa shape index (κ3) is 5.43. The van der Waals surface area contributed by atoms with Crippen molar-refractivity contribution >= 4 is 29.3 Å². The lowest BCUT2D eigenvalue weighted by Crippen LogP contribution is -2.61. The largest absolute Gasteiger partial charge is 0.418 e. The average Bonchev–Trinajstić information content (AvgIpc) is 2.73. The minimum atomic E-state index is -4.63. The molecule has 6 nitrogen and oxygen atoms in total. The molecule has 1 aromatic carbocycles. The van der Waals surface area contributed by atoms with Crippen molar-refractivity contribution in [3.05, 3.63) is 29.8 Å². The van der Waals surface area contributed by atoms with Gasteiger partial charge in [-0.1, -0.05) is 12.1 Å². The minimum Gasteiger partial charge on any atom is -0.381 e. The molecular formula is C19H24F3N3O3S. The first-order valence-electron chi connectivity index (χ1n) is 9.48. The first kappa shape index (κ1) is 21.9. The van der Waals surface area contributed by atoms with Gasteiger partial charge in [-0.3, -0.25) is 14.5 Å². The average molecular weight is 431 g/mol. The fourth-order valence-electron chi connectivity index (χ4n) is 3.74. The van der Waals surface area contributed by atoms with Gasteiger partial charge in [0.25, 0.3) is 0 Å². The van der Waals surface area contributed by atoms with E-state index in [1.54, 1.807) is 0 Å². The normalized spacial score (nSPS) is 20.1. The Morgan fingerprint density at radius 2 is 1.76 bits per heavy atom. The fourth-order valence-corrected chi connectivity index (χ4v) is 4.64. The molecule has 160 valence electrons. The lowest BCUT2D eigenvalue weighted by molar-refractivity contribution is -0.138. The van der Waals surface area contributed by atoms with E-state index in [9.17, 15) is 22.8 Å². The zero-order valence-corrected chi connectivity index (χ0v) is 16.7. The highest BCUT2D eigenvalue weighted by molar-refractivity contribution is 7.99. The van der Waals surface area contributed by atoms with Crippen LogP contribution in [0.4, 0.5) is 18.9 Å². The summed E-state index contributed by atoms with van der Waals surface area (Å²) in [6, 6.07) is 4.58. The Kier molecular flexibility index (Phi) is 7.07. The quantitative estimate of drug-likeness (QED) is 0.717. The van der Waals surface area contributed by atoms with Crippen molar-refractivity contribution in [1.82, 2.24) is 10.2 Å². The van der Waals surface area contributed by atoms with Crippen LogP contribution in [0.2, 0.25) is 0 Å². The van der Waals surface area contributed by atoms with E-state index in [4.69, 9.17) is 4.74 Å². The highest BCUT2D eigenvalue weighted by Gasteiger charge is 2.40.